The quantitative estimate of drug-likeness (QED) is 0.901. The first kappa shape index (κ1) is 17.6. The lowest BCUT2D eigenvalue weighted by molar-refractivity contribution is 0.0788. The summed E-state index contributed by atoms with van der Waals surface area (Å²) in [5, 5.41) is 5.05. The van der Waals surface area contributed by atoms with Gasteiger partial charge in [0.15, 0.2) is 0 Å². The van der Waals surface area contributed by atoms with Gasteiger partial charge in [-0.25, -0.2) is 17.9 Å². The summed E-state index contributed by atoms with van der Waals surface area (Å²) in [5.74, 6) is -0.767. The van der Waals surface area contributed by atoms with Gasteiger partial charge in [-0.15, -0.1) is 0 Å². The van der Waals surface area contributed by atoms with E-state index in [1.165, 1.54) is 11.8 Å². The summed E-state index contributed by atoms with van der Waals surface area (Å²) in [6.45, 7) is 5.88. The highest BCUT2D eigenvalue weighted by atomic mass is 32.2. The van der Waals surface area contributed by atoms with E-state index in [-0.39, 0.29) is 16.0 Å². The number of hydrogen-bond donors (Lipinski definition) is 1. The van der Waals surface area contributed by atoms with E-state index < -0.39 is 21.7 Å². The zero-order valence-electron chi connectivity index (χ0n) is 12.7. The van der Waals surface area contributed by atoms with Gasteiger partial charge in [0, 0.05) is 24.7 Å². The number of sulfonamides is 1. The molecule has 2 N–H and O–H groups in total. The molecular formula is C14H21FN2O3S. The van der Waals surface area contributed by atoms with Crippen LogP contribution >= 0.6 is 0 Å². The molecule has 0 saturated heterocycles. The summed E-state index contributed by atoms with van der Waals surface area (Å²) in [5.41, 5.74) is -0.104. The third-order valence-electron chi connectivity index (χ3n) is 3.24. The van der Waals surface area contributed by atoms with Gasteiger partial charge in [0.2, 0.25) is 10.0 Å². The van der Waals surface area contributed by atoms with Crippen molar-refractivity contribution in [3.8, 4) is 0 Å². The zero-order valence-corrected chi connectivity index (χ0v) is 13.5. The Labute approximate surface area is 125 Å². The maximum absolute atomic E-state index is 13.8. The second kappa shape index (κ2) is 6.53. The minimum Gasteiger partial charge on any atom is -0.342 e. The van der Waals surface area contributed by atoms with E-state index in [2.05, 4.69) is 0 Å². The first-order chi connectivity index (χ1) is 9.54. The molecule has 1 aromatic rings. The van der Waals surface area contributed by atoms with E-state index in [0.29, 0.717) is 12.5 Å². The Kier molecular flexibility index (Phi) is 5.47. The number of benzene rings is 1. The molecule has 0 radical (unpaired) electrons. The van der Waals surface area contributed by atoms with E-state index >= 15 is 0 Å². The molecule has 0 aromatic heterocycles. The largest absolute Gasteiger partial charge is 0.342 e. The van der Waals surface area contributed by atoms with Gasteiger partial charge in [0.05, 0.1) is 4.90 Å². The lowest BCUT2D eigenvalue weighted by atomic mass is 10.1. The van der Waals surface area contributed by atoms with Crippen molar-refractivity contribution in [3.63, 3.8) is 0 Å². The molecule has 0 atom stereocenters. The molecule has 0 aliphatic heterocycles. The number of amides is 1. The topological polar surface area (TPSA) is 80.5 Å². The number of halogens is 1. The summed E-state index contributed by atoms with van der Waals surface area (Å²) >= 11 is 0. The lowest BCUT2D eigenvalue weighted by Gasteiger charge is -2.19. The van der Waals surface area contributed by atoms with Crippen molar-refractivity contribution in [2.75, 3.05) is 13.6 Å². The van der Waals surface area contributed by atoms with Gasteiger partial charge in [-0.05, 0) is 31.4 Å². The van der Waals surface area contributed by atoms with Gasteiger partial charge in [-0.3, -0.25) is 4.79 Å². The van der Waals surface area contributed by atoms with Gasteiger partial charge >= 0.3 is 0 Å². The molecule has 0 spiro atoms. The number of hydrogen-bond acceptors (Lipinski definition) is 3. The van der Waals surface area contributed by atoms with Gasteiger partial charge in [-0.1, -0.05) is 13.8 Å². The summed E-state index contributed by atoms with van der Waals surface area (Å²) in [6, 6.07) is 2.17. The number of nitrogens with two attached hydrogens (primary N) is 1. The number of nitrogens with zero attached hydrogens (tertiary/aromatic N) is 1. The Bertz CT molecular complexity index is 642. The number of carbonyl (C=O) groups is 1. The highest BCUT2D eigenvalue weighted by Gasteiger charge is 2.20. The maximum atomic E-state index is 13.8. The van der Waals surface area contributed by atoms with Crippen LogP contribution in [-0.4, -0.2) is 32.8 Å². The highest BCUT2D eigenvalue weighted by Crippen LogP contribution is 2.20. The third kappa shape index (κ3) is 4.50. The van der Waals surface area contributed by atoms with Gasteiger partial charge in [0.1, 0.15) is 5.82 Å². The Morgan fingerprint density at radius 3 is 2.43 bits per heavy atom. The number of rotatable bonds is 5. The molecule has 118 valence electrons. The smallest absolute Gasteiger partial charge is 0.253 e. The molecule has 0 fully saturated rings. The van der Waals surface area contributed by atoms with Crippen LogP contribution in [0, 0.1) is 18.7 Å². The van der Waals surface area contributed by atoms with Crippen molar-refractivity contribution in [2.45, 2.75) is 32.1 Å². The van der Waals surface area contributed by atoms with Gasteiger partial charge in [0.25, 0.3) is 5.91 Å². The van der Waals surface area contributed by atoms with Gasteiger partial charge < -0.3 is 4.90 Å². The second-order valence-corrected chi connectivity index (χ2v) is 7.07. The van der Waals surface area contributed by atoms with Crippen molar-refractivity contribution in [1.82, 2.24) is 4.90 Å². The normalized spacial score (nSPS) is 11.8. The zero-order chi connectivity index (χ0) is 16.4. The summed E-state index contributed by atoms with van der Waals surface area (Å²) in [6.07, 6.45) is 0.804. The van der Waals surface area contributed by atoms with Crippen LogP contribution < -0.4 is 5.14 Å². The van der Waals surface area contributed by atoms with Crippen LogP contribution in [0.5, 0.6) is 0 Å². The monoisotopic (exact) mass is 316 g/mol. The van der Waals surface area contributed by atoms with Gasteiger partial charge in [-0.2, -0.15) is 0 Å². The second-order valence-electron chi connectivity index (χ2n) is 5.54. The van der Waals surface area contributed by atoms with E-state index in [1.54, 1.807) is 7.05 Å². The van der Waals surface area contributed by atoms with E-state index in [9.17, 15) is 17.6 Å². The first-order valence-corrected chi connectivity index (χ1v) is 8.17. The Balaban J connectivity index is 3.14. The summed E-state index contributed by atoms with van der Waals surface area (Å²) < 4.78 is 36.7. The van der Waals surface area contributed by atoms with Crippen molar-refractivity contribution < 1.29 is 17.6 Å². The molecular weight excluding hydrogens is 295 g/mol. The molecule has 0 saturated carbocycles. The minimum atomic E-state index is -4.07. The average molecular weight is 316 g/mol. The van der Waals surface area contributed by atoms with Crippen molar-refractivity contribution in [3.05, 3.63) is 29.1 Å². The Hall–Kier alpha value is -1.47. The van der Waals surface area contributed by atoms with Crippen LogP contribution in [0.3, 0.4) is 0 Å². The van der Waals surface area contributed by atoms with Crippen LogP contribution in [0.1, 0.15) is 36.2 Å². The molecule has 0 aliphatic carbocycles. The molecule has 7 heteroatoms. The molecule has 0 aliphatic rings. The van der Waals surface area contributed by atoms with Crippen molar-refractivity contribution in [2.24, 2.45) is 11.1 Å². The lowest BCUT2D eigenvalue weighted by Crippen LogP contribution is -2.29. The molecule has 21 heavy (non-hydrogen) atoms. The predicted molar refractivity (Wildman–Crippen MR) is 78.9 cm³/mol. The fraction of sp³-hybridized carbons (Fsp3) is 0.500. The molecule has 0 bridgehead atoms. The fourth-order valence-electron chi connectivity index (χ4n) is 1.85. The van der Waals surface area contributed by atoms with Crippen LogP contribution in [-0.2, 0) is 10.0 Å². The van der Waals surface area contributed by atoms with Crippen molar-refractivity contribution in [1.29, 1.82) is 0 Å². The molecule has 1 rings (SSSR count). The van der Waals surface area contributed by atoms with Crippen molar-refractivity contribution >= 4 is 15.9 Å². The Morgan fingerprint density at radius 2 is 1.95 bits per heavy atom. The molecule has 0 unspecified atom stereocenters. The third-order valence-corrected chi connectivity index (χ3v) is 4.28. The molecule has 0 heterocycles. The van der Waals surface area contributed by atoms with Crippen LogP contribution in [0.2, 0.25) is 0 Å². The van der Waals surface area contributed by atoms with E-state index in [1.807, 2.05) is 13.8 Å². The number of primary sulfonamides is 1. The van der Waals surface area contributed by atoms with Crippen LogP contribution in [0.15, 0.2) is 17.0 Å². The SMILES string of the molecule is Cc1c(F)cc(C(=O)N(C)CCC(C)C)cc1S(N)(=O)=O. The summed E-state index contributed by atoms with van der Waals surface area (Å²) in [7, 11) is -2.48. The standard InChI is InChI=1S/C14H21FN2O3S/c1-9(2)5-6-17(4)14(18)11-7-12(15)10(3)13(8-11)21(16,19)20/h7-9H,5-6H2,1-4H3,(H2,16,19,20). The Morgan fingerprint density at radius 1 is 1.38 bits per heavy atom. The molecule has 1 amide bonds. The number of carbonyl (C=O) groups excluding carboxylic acids is 1. The predicted octanol–water partition coefficient (Wildman–Crippen LogP) is 1.90. The first-order valence-electron chi connectivity index (χ1n) is 6.62. The minimum absolute atomic E-state index is 0.0200. The maximum Gasteiger partial charge on any atom is 0.253 e. The fourth-order valence-corrected chi connectivity index (χ4v) is 2.66. The van der Waals surface area contributed by atoms with Crippen LogP contribution in [0.4, 0.5) is 4.39 Å². The van der Waals surface area contributed by atoms with Crippen LogP contribution in [0.25, 0.3) is 0 Å². The van der Waals surface area contributed by atoms with E-state index in [0.717, 1.165) is 18.6 Å². The molecule has 5 nitrogen and oxygen atoms in total. The highest BCUT2D eigenvalue weighted by molar-refractivity contribution is 7.89. The average Bonchev–Trinajstić information content (AvgIpc) is 2.36. The summed E-state index contributed by atoms with van der Waals surface area (Å²) in [4.78, 5) is 13.3. The van der Waals surface area contributed by atoms with E-state index in [4.69, 9.17) is 5.14 Å². The molecule has 1 aromatic carbocycles.